The van der Waals surface area contributed by atoms with E-state index in [1.54, 1.807) is 4.90 Å². The molecule has 2 atom stereocenters. The number of nitrogens with zero attached hydrogens (tertiary/aromatic N) is 2. The Morgan fingerprint density at radius 2 is 2.00 bits per heavy atom. The van der Waals surface area contributed by atoms with Crippen molar-refractivity contribution in [3.63, 3.8) is 0 Å². The highest BCUT2D eigenvalue weighted by Crippen LogP contribution is 2.29. The third kappa shape index (κ3) is 4.42. The zero-order valence-electron chi connectivity index (χ0n) is 12.1. The van der Waals surface area contributed by atoms with E-state index >= 15 is 0 Å². The monoisotopic (exact) mass is 329 g/mol. The van der Waals surface area contributed by atoms with E-state index in [0.29, 0.717) is 18.5 Å². The van der Waals surface area contributed by atoms with E-state index in [1.807, 2.05) is 11.4 Å². The number of amides is 1. The summed E-state index contributed by atoms with van der Waals surface area (Å²) >= 11 is 0. The third-order valence-electron chi connectivity index (χ3n) is 3.86. The molecule has 1 saturated heterocycles. The average molecular weight is 329 g/mol. The van der Waals surface area contributed by atoms with E-state index < -0.39 is 23.9 Å². The number of nitrogens with one attached hydrogen (secondary N) is 1. The number of alkyl halides is 3. The highest BCUT2D eigenvalue weighted by atomic mass is 19.4. The second kappa shape index (κ2) is 6.96. The van der Waals surface area contributed by atoms with Gasteiger partial charge in [0.15, 0.2) is 0 Å². The van der Waals surface area contributed by atoms with Crippen LogP contribution in [0.2, 0.25) is 0 Å². The molecule has 0 aromatic heterocycles. The Labute approximate surface area is 130 Å². The van der Waals surface area contributed by atoms with E-state index in [2.05, 4.69) is 0 Å². The first-order chi connectivity index (χ1) is 10.8. The zero-order chi connectivity index (χ0) is 17.0. The van der Waals surface area contributed by atoms with Crippen LogP contribution in [0, 0.1) is 17.1 Å². The highest BCUT2D eigenvalue weighted by Gasteiger charge is 2.42. The van der Waals surface area contributed by atoms with Crippen LogP contribution in [0.3, 0.4) is 0 Å². The molecule has 1 aliphatic rings. The fraction of sp³-hybridized carbons (Fsp3) is 0.467. The molecule has 1 aliphatic heterocycles. The summed E-state index contributed by atoms with van der Waals surface area (Å²) in [7, 11) is 0. The van der Waals surface area contributed by atoms with Gasteiger partial charge in [-0.15, -0.1) is 0 Å². The van der Waals surface area contributed by atoms with Gasteiger partial charge in [-0.25, -0.2) is 4.39 Å². The van der Waals surface area contributed by atoms with Gasteiger partial charge < -0.3 is 5.32 Å². The van der Waals surface area contributed by atoms with E-state index in [9.17, 15) is 22.4 Å². The Balaban J connectivity index is 2.19. The minimum Gasteiger partial charge on any atom is -0.344 e. The van der Waals surface area contributed by atoms with Gasteiger partial charge in [-0.3, -0.25) is 9.69 Å². The van der Waals surface area contributed by atoms with Crippen LogP contribution in [0.15, 0.2) is 24.3 Å². The van der Waals surface area contributed by atoms with Crippen LogP contribution in [0.25, 0.3) is 0 Å². The standard InChI is InChI=1S/C15H15F4N3O/c16-11-3-1-10(2-4-11)12-5-7-22(8-6-20)9-13(12)21-14(23)15(17,18)19/h1-4,12-13H,5,7-9H2,(H,21,23)/t12-,13+/m1/s1. The van der Waals surface area contributed by atoms with Crippen molar-refractivity contribution in [3.05, 3.63) is 35.6 Å². The van der Waals surface area contributed by atoms with Crippen LogP contribution < -0.4 is 5.32 Å². The predicted octanol–water partition coefficient (Wildman–Crippen LogP) is 2.19. The Kier molecular flexibility index (Phi) is 5.21. The fourth-order valence-corrected chi connectivity index (χ4v) is 2.77. The van der Waals surface area contributed by atoms with Crippen molar-refractivity contribution in [2.75, 3.05) is 19.6 Å². The summed E-state index contributed by atoms with van der Waals surface area (Å²) in [6.45, 7) is 0.736. The second-order valence-electron chi connectivity index (χ2n) is 5.42. The van der Waals surface area contributed by atoms with Gasteiger partial charge in [0, 0.05) is 18.5 Å². The Bertz CT molecular complexity index is 594. The predicted molar refractivity (Wildman–Crippen MR) is 73.8 cm³/mol. The number of hydrogen-bond acceptors (Lipinski definition) is 3. The Hall–Kier alpha value is -2.14. The largest absolute Gasteiger partial charge is 0.471 e. The molecule has 1 aromatic rings. The van der Waals surface area contributed by atoms with Gasteiger partial charge in [0.1, 0.15) is 5.82 Å². The summed E-state index contributed by atoms with van der Waals surface area (Å²) < 4.78 is 50.5. The van der Waals surface area contributed by atoms with Crippen molar-refractivity contribution in [1.82, 2.24) is 10.2 Å². The number of rotatable bonds is 3. The molecule has 124 valence electrons. The molecule has 23 heavy (non-hydrogen) atoms. The van der Waals surface area contributed by atoms with Crippen molar-refractivity contribution < 1.29 is 22.4 Å². The van der Waals surface area contributed by atoms with Gasteiger partial charge in [-0.1, -0.05) is 12.1 Å². The smallest absolute Gasteiger partial charge is 0.344 e. The van der Waals surface area contributed by atoms with E-state index in [1.165, 1.54) is 24.3 Å². The lowest BCUT2D eigenvalue weighted by molar-refractivity contribution is -0.174. The first-order valence-corrected chi connectivity index (χ1v) is 7.03. The molecule has 1 N–H and O–H groups in total. The number of benzene rings is 1. The lowest BCUT2D eigenvalue weighted by Gasteiger charge is -2.38. The minimum atomic E-state index is -4.97. The fourth-order valence-electron chi connectivity index (χ4n) is 2.77. The molecule has 0 radical (unpaired) electrons. The molecule has 1 amide bonds. The first-order valence-electron chi connectivity index (χ1n) is 7.03. The molecule has 0 aliphatic carbocycles. The molecule has 0 bridgehead atoms. The molecular formula is C15H15F4N3O. The normalized spacial score (nSPS) is 22.4. The molecule has 0 spiro atoms. The van der Waals surface area contributed by atoms with Crippen LogP contribution >= 0.6 is 0 Å². The average Bonchev–Trinajstić information content (AvgIpc) is 2.48. The van der Waals surface area contributed by atoms with Crippen molar-refractivity contribution in [2.45, 2.75) is 24.6 Å². The summed E-state index contributed by atoms with van der Waals surface area (Å²) in [5.74, 6) is -2.81. The molecule has 4 nitrogen and oxygen atoms in total. The maximum Gasteiger partial charge on any atom is 0.471 e. The van der Waals surface area contributed by atoms with Gasteiger partial charge in [-0.2, -0.15) is 18.4 Å². The van der Waals surface area contributed by atoms with Crippen molar-refractivity contribution >= 4 is 5.91 Å². The van der Waals surface area contributed by atoms with Crippen molar-refractivity contribution in [2.24, 2.45) is 0 Å². The summed E-state index contributed by atoms with van der Waals surface area (Å²) in [6, 6.07) is 6.64. The number of carbonyl (C=O) groups is 1. The molecule has 0 saturated carbocycles. The maximum absolute atomic E-state index is 13.0. The van der Waals surface area contributed by atoms with Crippen LogP contribution in [-0.2, 0) is 4.79 Å². The number of halogens is 4. The molecule has 1 fully saturated rings. The quantitative estimate of drug-likeness (QED) is 0.683. The summed E-state index contributed by atoms with van der Waals surface area (Å²) in [5.41, 5.74) is 0.662. The summed E-state index contributed by atoms with van der Waals surface area (Å²) in [5, 5.41) is 10.7. The van der Waals surface area contributed by atoms with Crippen LogP contribution in [0.1, 0.15) is 17.9 Å². The Morgan fingerprint density at radius 3 is 2.57 bits per heavy atom. The summed E-state index contributed by atoms with van der Waals surface area (Å²) in [4.78, 5) is 12.9. The van der Waals surface area contributed by atoms with Crippen molar-refractivity contribution in [3.8, 4) is 6.07 Å². The SMILES string of the molecule is N#CCN1CC[C@H](c2ccc(F)cc2)[C@@H](NC(=O)C(F)(F)F)C1. The topological polar surface area (TPSA) is 56.1 Å². The van der Waals surface area contributed by atoms with Crippen LogP contribution in [-0.4, -0.2) is 42.7 Å². The molecule has 0 unspecified atom stereocenters. The molecule has 1 heterocycles. The molecular weight excluding hydrogens is 314 g/mol. The third-order valence-corrected chi connectivity index (χ3v) is 3.86. The number of likely N-dealkylation sites (tertiary alicyclic amines) is 1. The number of carbonyl (C=O) groups excluding carboxylic acids is 1. The van der Waals surface area contributed by atoms with Gasteiger partial charge in [0.05, 0.1) is 12.6 Å². The first kappa shape index (κ1) is 17.2. The van der Waals surface area contributed by atoms with Gasteiger partial charge in [0.25, 0.3) is 0 Å². The van der Waals surface area contributed by atoms with Gasteiger partial charge in [-0.05, 0) is 30.7 Å². The minimum absolute atomic E-state index is 0.0779. The summed E-state index contributed by atoms with van der Waals surface area (Å²) in [6.07, 6.45) is -4.50. The van der Waals surface area contributed by atoms with Gasteiger partial charge in [0.2, 0.25) is 0 Å². The second-order valence-corrected chi connectivity index (χ2v) is 5.42. The maximum atomic E-state index is 13.0. The lowest BCUT2D eigenvalue weighted by atomic mass is 9.85. The number of hydrogen-bond donors (Lipinski definition) is 1. The number of piperidine rings is 1. The van der Waals surface area contributed by atoms with Crippen LogP contribution in [0.5, 0.6) is 0 Å². The van der Waals surface area contributed by atoms with Gasteiger partial charge >= 0.3 is 12.1 Å². The Morgan fingerprint density at radius 1 is 1.35 bits per heavy atom. The van der Waals surface area contributed by atoms with E-state index in [4.69, 9.17) is 5.26 Å². The molecule has 2 rings (SSSR count). The zero-order valence-corrected chi connectivity index (χ0v) is 12.1. The molecule has 1 aromatic carbocycles. The van der Waals surface area contributed by atoms with E-state index in [0.717, 1.165) is 0 Å². The molecule has 8 heteroatoms. The van der Waals surface area contributed by atoms with Crippen LogP contribution in [0.4, 0.5) is 17.6 Å². The highest BCUT2D eigenvalue weighted by molar-refractivity contribution is 5.82. The lowest BCUT2D eigenvalue weighted by Crippen LogP contribution is -2.54. The van der Waals surface area contributed by atoms with Crippen molar-refractivity contribution in [1.29, 1.82) is 5.26 Å². The number of nitriles is 1. The van der Waals surface area contributed by atoms with E-state index in [-0.39, 0.29) is 19.0 Å².